The van der Waals surface area contributed by atoms with Crippen molar-refractivity contribution in [1.29, 1.82) is 0 Å². The number of hydrogen-bond donors (Lipinski definition) is 5. The molecule has 0 saturated heterocycles. The number of aliphatic hydroxyl groups excluding tert-OH is 5. The van der Waals surface area contributed by atoms with Crippen molar-refractivity contribution < 1.29 is 38.1 Å². The van der Waals surface area contributed by atoms with E-state index in [1.54, 1.807) is 0 Å². The van der Waals surface area contributed by atoms with Gasteiger partial charge in [-0.2, -0.15) is 8.42 Å². The van der Waals surface area contributed by atoms with Gasteiger partial charge in [0.25, 0.3) is 10.1 Å². The van der Waals surface area contributed by atoms with Crippen molar-refractivity contribution in [1.82, 2.24) is 0 Å². The van der Waals surface area contributed by atoms with Crippen LogP contribution in [0.3, 0.4) is 0 Å². The molecule has 0 aromatic carbocycles. The molecule has 9 heteroatoms. The number of hydrogen-bond acceptors (Lipinski definition) is 8. The smallest absolute Gasteiger partial charge is 0.267 e. The summed E-state index contributed by atoms with van der Waals surface area (Å²) in [7, 11) is -3.83. The van der Waals surface area contributed by atoms with Gasteiger partial charge in [-0.1, -0.05) is 51.9 Å². The van der Waals surface area contributed by atoms with Gasteiger partial charge in [0.15, 0.2) is 0 Å². The first kappa shape index (κ1) is 24.7. The molecule has 0 radical (unpaired) electrons. The Balaban J connectivity index is 3.96. The first-order valence-electron chi connectivity index (χ1n) is 8.95. The van der Waals surface area contributed by atoms with Crippen LogP contribution in [0.2, 0.25) is 0 Å². The van der Waals surface area contributed by atoms with Gasteiger partial charge < -0.3 is 25.5 Å². The molecule has 0 amide bonds. The maximum Gasteiger partial charge on any atom is 0.267 e. The van der Waals surface area contributed by atoms with E-state index in [9.17, 15) is 28.8 Å². The van der Waals surface area contributed by atoms with Crippen molar-refractivity contribution in [2.75, 3.05) is 19.0 Å². The minimum atomic E-state index is -3.83. The summed E-state index contributed by atoms with van der Waals surface area (Å²) in [6.45, 7) is 0.620. The zero-order chi connectivity index (χ0) is 19.3. The molecule has 5 N–H and O–H groups in total. The lowest BCUT2D eigenvalue weighted by atomic mass is 10.0. The van der Waals surface area contributed by atoms with Gasteiger partial charge in [-0.3, -0.25) is 4.18 Å². The summed E-state index contributed by atoms with van der Waals surface area (Å²) in [5, 5.41) is 46.5. The van der Waals surface area contributed by atoms with Crippen molar-refractivity contribution in [3.05, 3.63) is 0 Å². The lowest BCUT2D eigenvalue weighted by Crippen LogP contribution is -2.47. The maximum absolute atomic E-state index is 11.7. The summed E-state index contributed by atoms with van der Waals surface area (Å²) in [6.07, 6.45) is 1.07. The van der Waals surface area contributed by atoms with Gasteiger partial charge >= 0.3 is 0 Å². The van der Waals surface area contributed by atoms with Gasteiger partial charge in [0.1, 0.15) is 24.4 Å². The predicted octanol–water partition coefficient (Wildman–Crippen LogP) is -0.0906. The molecule has 25 heavy (non-hydrogen) atoms. The highest BCUT2D eigenvalue weighted by molar-refractivity contribution is 7.86. The summed E-state index contributed by atoms with van der Waals surface area (Å²) in [6, 6.07) is 0. The molecule has 0 unspecified atom stereocenters. The fourth-order valence-electron chi connectivity index (χ4n) is 2.31. The molecular weight excluding hydrogens is 352 g/mol. The molecule has 8 nitrogen and oxygen atoms in total. The highest BCUT2D eigenvalue weighted by Crippen LogP contribution is 2.11. The minimum absolute atomic E-state index is 0.174. The molecule has 0 aliphatic heterocycles. The van der Waals surface area contributed by atoms with Crippen LogP contribution in [0.4, 0.5) is 0 Å². The van der Waals surface area contributed by atoms with Crippen LogP contribution in [0.5, 0.6) is 0 Å². The molecule has 0 saturated carbocycles. The summed E-state index contributed by atoms with van der Waals surface area (Å²) in [5.74, 6) is -0.174. The average Bonchev–Trinajstić information content (AvgIpc) is 2.59. The SMILES string of the molecule is CCCCCCCCCCS(=O)(=O)OC[C@@H](O)[C@@H](O)[C@H](O)[C@H](O)CO. The maximum atomic E-state index is 11.7. The van der Waals surface area contributed by atoms with Crippen LogP contribution in [-0.2, 0) is 14.3 Å². The van der Waals surface area contributed by atoms with Gasteiger partial charge in [-0.25, -0.2) is 0 Å². The minimum Gasteiger partial charge on any atom is -0.394 e. The van der Waals surface area contributed by atoms with Crippen molar-refractivity contribution in [3.8, 4) is 0 Å². The molecule has 0 bridgehead atoms. The van der Waals surface area contributed by atoms with Crippen LogP contribution < -0.4 is 0 Å². The van der Waals surface area contributed by atoms with E-state index in [-0.39, 0.29) is 5.75 Å². The lowest BCUT2D eigenvalue weighted by molar-refractivity contribution is -0.121. The first-order chi connectivity index (χ1) is 11.7. The normalized spacial score (nSPS) is 17.2. The fraction of sp³-hybridized carbons (Fsp3) is 1.00. The van der Waals surface area contributed by atoms with Crippen LogP contribution in [0.15, 0.2) is 0 Å². The highest BCUT2D eigenvalue weighted by Gasteiger charge is 2.31. The standard InChI is InChI=1S/C16H34O8S/c1-2-3-4-5-6-7-8-9-10-25(22,23)24-12-14(19)16(21)15(20)13(18)11-17/h13-21H,2-12H2,1H3/t13-,14-,15-,16-/m1/s1. The van der Waals surface area contributed by atoms with E-state index in [0.717, 1.165) is 25.7 Å². The van der Waals surface area contributed by atoms with Crippen LogP contribution in [0.1, 0.15) is 58.3 Å². The van der Waals surface area contributed by atoms with E-state index in [2.05, 4.69) is 11.1 Å². The Morgan fingerprint density at radius 3 is 1.80 bits per heavy atom. The second-order valence-corrected chi connectivity index (χ2v) is 8.08. The zero-order valence-electron chi connectivity index (χ0n) is 15.0. The second-order valence-electron chi connectivity index (χ2n) is 6.32. The Morgan fingerprint density at radius 1 is 0.800 bits per heavy atom. The summed E-state index contributed by atoms with van der Waals surface area (Å²) < 4.78 is 28.1. The van der Waals surface area contributed by atoms with Gasteiger partial charge in [0.05, 0.1) is 19.0 Å². The first-order valence-corrected chi connectivity index (χ1v) is 10.5. The monoisotopic (exact) mass is 386 g/mol. The van der Waals surface area contributed by atoms with E-state index in [0.29, 0.717) is 6.42 Å². The summed E-state index contributed by atoms with van der Waals surface area (Å²) >= 11 is 0. The Hall–Kier alpha value is -0.290. The lowest BCUT2D eigenvalue weighted by Gasteiger charge is -2.25. The van der Waals surface area contributed by atoms with E-state index >= 15 is 0 Å². The van der Waals surface area contributed by atoms with Crippen LogP contribution in [-0.4, -0.2) is 77.3 Å². The van der Waals surface area contributed by atoms with E-state index < -0.39 is 47.7 Å². The Kier molecular flexibility index (Phi) is 13.7. The predicted molar refractivity (Wildman–Crippen MR) is 93.5 cm³/mol. The highest BCUT2D eigenvalue weighted by atomic mass is 32.2. The van der Waals surface area contributed by atoms with E-state index in [1.807, 2.05) is 0 Å². The van der Waals surface area contributed by atoms with Crippen LogP contribution in [0, 0.1) is 0 Å². The molecule has 0 aromatic rings. The third kappa shape index (κ3) is 11.8. The van der Waals surface area contributed by atoms with E-state index in [1.165, 1.54) is 19.3 Å². The Morgan fingerprint density at radius 2 is 1.28 bits per heavy atom. The quantitative estimate of drug-likeness (QED) is 0.183. The topological polar surface area (TPSA) is 145 Å². The number of aliphatic hydroxyl groups is 5. The van der Waals surface area contributed by atoms with Gasteiger partial charge in [0, 0.05) is 0 Å². The van der Waals surface area contributed by atoms with Crippen LogP contribution in [0.25, 0.3) is 0 Å². The Bertz CT molecular complexity index is 414. The molecule has 0 rings (SSSR count). The zero-order valence-corrected chi connectivity index (χ0v) is 15.8. The molecule has 4 atom stereocenters. The van der Waals surface area contributed by atoms with Crippen molar-refractivity contribution >= 4 is 10.1 Å². The van der Waals surface area contributed by atoms with Gasteiger partial charge in [-0.15, -0.1) is 0 Å². The molecular formula is C16H34O8S. The number of unbranched alkanes of at least 4 members (excludes halogenated alkanes) is 7. The van der Waals surface area contributed by atoms with Gasteiger partial charge in [-0.05, 0) is 6.42 Å². The molecule has 0 heterocycles. The second kappa shape index (κ2) is 13.9. The fourth-order valence-corrected chi connectivity index (χ4v) is 3.33. The number of rotatable bonds is 16. The van der Waals surface area contributed by atoms with Crippen molar-refractivity contribution in [2.45, 2.75) is 82.7 Å². The average molecular weight is 387 g/mol. The molecule has 0 aliphatic carbocycles. The molecule has 0 aromatic heterocycles. The third-order valence-electron chi connectivity index (χ3n) is 3.99. The van der Waals surface area contributed by atoms with E-state index in [4.69, 9.17) is 5.11 Å². The molecule has 0 spiro atoms. The largest absolute Gasteiger partial charge is 0.394 e. The van der Waals surface area contributed by atoms with Crippen molar-refractivity contribution in [2.24, 2.45) is 0 Å². The summed E-state index contributed by atoms with van der Waals surface area (Å²) in [4.78, 5) is 0. The third-order valence-corrected chi connectivity index (χ3v) is 5.28. The van der Waals surface area contributed by atoms with Crippen LogP contribution >= 0.6 is 0 Å². The summed E-state index contributed by atoms with van der Waals surface area (Å²) in [5.41, 5.74) is 0. The molecule has 0 aliphatic rings. The Labute approximate surface area is 150 Å². The molecule has 152 valence electrons. The molecule has 0 fully saturated rings. The van der Waals surface area contributed by atoms with Crippen molar-refractivity contribution in [3.63, 3.8) is 0 Å². The van der Waals surface area contributed by atoms with Gasteiger partial charge in [0.2, 0.25) is 0 Å².